The Labute approximate surface area is 190 Å². The quantitative estimate of drug-likeness (QED) is 0.274. The van der Waals surface area contributed by atoms with Crippen LogP contribution in [0.5, 0.6) is 0 Å². The molecule has 4 N–H and O–H groups in total. The zero-order chi connectivity index (χ0) is 22.8. The summed E-state index contributed by atoms with van der Waals surface area (Å²) in [4.78, 5) is 4.73. The van der Waals surface area contributed by atoms with E-state index in [9.17, 15) is 5.26 Å². The number of rotatable bonds is 9. The third-order valence-electron chi connectivity index (χ3n) is 5.23. The maximum atomic E-state index is 9.56. The number of aliphatic imine (C=N–C) groups is 1. The summed E-state index contributed by atoms with van der Waals surface area (Å²) in [5, 5.41) is 20.8. The van der Waals surface area contributed by atoms with Crippen molar-refractivity contribution >= 4 is 11.8 Å². The Morgan fingerprint density at radius 3 is 2.47 bits per heavy atom. The molecule has 0 fully saturated rings. The van der Waals surface area contributed by atoms with E-state index >= 15 is 0 Å². The molecule has 1 aromatic heterocycles. The van der Waals surface area contributed by atoms with Crippen LogP contribution in [0.1, 0.15) is 43.0 Å². The molecule has 0 saturated heterocycles. The van der Waals surface area contributed by atoms with E-state index in [1.807, 2.05) is 36.4 Å². The van der Waals surface area contributed by atoms with E-state index in [2.05, 4.69) is 59.9 Å². The van der Waals surface area contributed by atoms with E-state index in [4.69, 9.17) is 10.7 Å². The van der Waals surface area contributed by atoms with Gasteiger partial charge in [0.1, 0.15) is 17.5 Å². The second-order valence-corrected chi connectivity index (χ2v) is 7.63. The number of nitrogens with zero attached hydrogens (tertiary/aromatic N) is 4. The van der Waals surface area contributed by atoms with Crippen molar-refractivity contribution in [3.05, 3.63) is 77.5 Å². The highest BCUT2D eigenvalue weighted by Crippen LogP contribution is 2.21. The van der Waals surface area contributed by atoms with Gasteiger partial charge in [0.2, 0.25) is 0 Å². The van der Waals surface area contributed by atoms with Crippen LogP contribution in [0.3, 0.4) is 0 Å². The lowest BCUT2D eigenvalue weighted by Crippen LogP contribution is -2.38. The van der Waals surface area contributed by atoms with Crippen LogP contribution >= 0.6 is 0 Å². The molecule has 0 aliphatic rings. The van der Waals surface area contributed by atoms with E-state index in [-0.39, 0.29) is 0 Å². The van der Waals surface area contributed by atoms with Gasteiger partial charge in [-0.25, -0.2) is 4.68 Å². The molecule has 0 aliphatic carbocycles. The lowest BCUT2D eigenvalue weighted by atomic mass is 10.0. The van der Waals surface area contributed by atoms with Gasteiger partial charge in [0, 0.05) is 25.6 Å². The fourth-order valence-corrected chi connectivity index (χ4v) is 3.46. The van der Waals surface area contributed by atoms with Crippen LogP contribution in [-0.4, -0.2) is 35.4 Å². The lowest BCUT2D eigenvalue weighted by molar-refractivity contribution is 0.712. The minimum Gasteiger partial charge on any atom is -0.382 e. The number of nitrogens with two attached hydrogens (primary N) is 1. The third kappa shape index (κ3) is 5.88. The molecule has 3 aromatic rings. The smallest absolute Gasteiger partial charge is 0.191 e. The van der Waals surface area contributed by atoms with Crippen molar-refractivity contribution in [2.24, 2.45) is 4.99 Å². The van der Waals surface area contributed by atoms with E-state index in [0.29, 0.717) is 36.8 Å². The average Bonchev–Trinajstić information content (AvgIpc) is 3.16. The Hall–Kier alpha value is -3.79. The Morgan fingerprint density at radius 1 is 1.12 bits per heavy atom. The standard InChI is InChI=1S/C25H31N7/c1-3-28-25(30-18-19(2)20-11-6-4-7-12-20)29-16-10-15-23-22(17-26)24(27)32(31-23)21-13-8-5-9-14-21/h4-9,11-14,19H,3,10,15-16,18,27H2,1-2H3,(H2,28,29,30). The van der Waals surface area contributed by atoms with Crippen LogP contribution in [0.15, 0.2) is 65.7 Å². The normalized spacial score (nSPS) is 12.2. The summed E-state index contributed by atoms with van der Waals surface area (Å²) in [5.41, 5.74) is 9.48. The van der Waals surface area contributed by atoms with Crippen LogP contribution in [-0.2, 0) is 6.42 Å². The highest BCUT2D eigenvalue weighted by Gasteiger charge is 2.16. The number of aryl methyl sites for hydroxylation is 1. The number of anilines is 1. The Bertz CT molecular complexity index is 1050. The number of benzene rings is 2. The molecule has 0 spiro atoms. The molecular weight excluding hydrogens is 398 g/mol. The van der Waals surface area contributed by atoms with Crippen molar-refractivity contribution in [1.29, 1.82) is 5.26 Å². The molecule has 7 heteroatoms. The van der Waals surface area contributed by atoms with E-state index < -0.39 is 0 Å². The van der Waals surface area contributed by atoms with Gasteiger partial charge in [0.25, 0.3) is 0 Å². The minimum absolute atomic E-state index is 0.342. The number of aromatic nitrogens is 2. The summed E-state index contributed by atoms with van der Waals surface area (Å²) in [5.74, 6) is 1.52. The zero-order valence-electron chi connectivity index (χ0n) is 18.8. The molecule has 32 heavy (non-hydrogen) atoms. The van der Waals surface area contributed by atoms with E-state index in [0.717, 1.165) is 30.3 Å². The fourth-order valence-electron chi connectivity index (χ4n) is 3.46. The molecule has 0 radical (unpaired) electrons. The molecule has 0 amide bonds. The van der Waals surface area contributed by atoms with Crippen LogP contribution in [0.25, 0.3) is 5.69 Å². The van der Waals surface area contributed by atoms with Crippen molar-refractivity contribution in [3.63, 3.8) is 0 Å². The van der Waals surface area contributed by atoms with E-state index in [1.54, 1.807) is 4.68 Å². The zero-order valence-corrected chi connectivity index (χ0v) is 18.8. The highest BCUT2D eigenvalue weighted by molar-refractivity contribution is 5.79. The maximum Gasteiger partial charge on any atom is 0.191 e. The Balaban J connectivity index is 1.57. The first-order valence-electron chi connectivity index (χ1n) is 11.0. The largest absolute Gasteiger partial charge is 0.382 e. The number of nitrogens with one attached hydrogen (secondary N) is 2. The molecule has 0 bridgehead atoms. The third-order valence-corrected chi connectivity index (χ3v) is 5.23. The number of nitriles is 1. The summed E-state index contributed by atoms with van der Waals surface area (Å²) in [6.45, 7) is 6.45. The molecule has 0 saturated carbocycles. The first-order valence-corrected chi connectivity index (χ1v) is 11.0. The predicted molar refractivity (Wildman–Crippen MR) is 130 cm³/mol. The summed E-state index contributed by atoms with van der Waals surface area (Å²) < 4.78 is 1.64. The summed E-state index contributed by atoms with van der Waals surface area (Å²) in [6, 6.07) is 22.2. The number of nitrogen functional groups attached to an aromatic ring is 1. The van der Waals surface area contributed by atoms with E-state index in [1.165, 1.54) is 5.56 Å². The Morgan fingerprint density at radius 2 is 1.81 bits per heavy atom. The summed E-state index contributed by atoms with van der Waals surface area (Å²) in [7, 11) is 0. The van der Waals surface area contributed by atoms with Gasteiger partial charge < -0.3 is 16.4 Å². The molecule has 0 aliphatic heterocycles. The van der Waals surface area contributed by atoms with Gasteiger partial charge in [-0.05, 0) is 37.5 Å². The van der Waals surface area contributed by atoms with Gasteiger partial charge in [-0.1, -0.05) is 55.5 Å². The number of para-hydroxylation sites is 1. The van der Waals surface area contributed by atoms with Crippen molar-refractivity contribution < 1.29 is 0 Å². The summed E-state index contributed by atoms with van der Waals surface area (Å²) >= 11 is 0. The SMILES string of the molecule is CCNC(=NCC(C)c1ccccc1)NCCCc1nn(-c2ccccc2)c(N)c1C#N. The maximum absolute atomic E-state index is 9.56. The minimum atomic E-state index is 0.342. The predicted octanol–water partition coefficient (Wildman–Crippen LogP) is 3.62. The molecule has 1 atom stereocenters. The average molecular weight is 430 g/mol. The Kier molecular flexibility index (Phi) is 8.27. The van der Waals surface area contributed by atoms with Crippen molar-refractivity contribution in [2.75, 3.05) is 25.4 Å². The molecular formula is C25H31N7. The summed E-state index contributed by atoms with van der Waals surface area (Å²) in [6.07, 6.45) is 1.46. The van der Waals surface area contributed by atoms with Crippen LogP contribution < -0.4 is 16.4 Å². The number of guanidine groups is 1. The second-order valence-electron chi connectivity index (χ2n) is 7.63. The van der Waals surface area contributed by atoms with Gasteiger partial charge in [-0.2, -0.15) is 10.4 Å². The van der Waals surface area contributed by atoms with Crippen LogP contribution in [0.4, 0.5) is 5.82 Å². The lowest BCUT2D eigenvalue weighted by Gasteiger charge is -2.13. The molecule has 166 valence electrons. The first kappa shape index (κ1) is 22.9. The van der Waals surface area contributed by atoms with Gasteiger partial charge in [-0.15, -0.1) is 0 Å². The van der Waals surface area contributed by atoms with Gasteiger partial charge >= 0.3 is 0 Å². The highest BCUT2D eigenvalue weighted by atomic mass is 15.3. The number of hydrogen-bond acceptors (Lipinski definition) is 4. The topological polar surface area (TPSA) is 104 Å². The number of hydrogen-bond donors (Lipinski definition) is 3. The molecule has 2 aromatic carbocycles. The molecule has 3 rings (SSSR count). The second kappa shape index (κ2) is 11.6. The van der Waals surface area contributed by atoms with Gasteiger partial charge in [0.15, 0.2) is 5.96 Å². The molecule has 7 nitrogen and oxygen atoms in total. The van der Waals surface area contributed by atoms with Crippen LogP contribution in [0.2, 0.25) is 0 Å². The van der Waals surface area contributed by atoms with Crippen LogP contribution in [0, 0.1) is 11.3 Å². The van der Waals surface area contributed by atoms with Gasteiger partial charge in [0.05, 0.1) is 11.4 Å². The molecule has 1 heterocycles. The van der Waals surface area contributed by atoms with Gasteiger partial charge in [-0.3, -0.25) is 4.99 Å². The fraction of sp³-hybridized carbons (Fsp3) is 0.320. The van der Waals surface area contributed by atoms with Crippen molar-refractivity contribution in [3.8, 4) is 11.8 Å². The van der Waals surface area contributed by atoms with Crippen molar-refractivity contribution in [1.82, 2.24) is 20.4 Å². The van der Waals surface area contributed by atoms with Crippen molar-refractivity contribution in [2.45, 2.75) is 32.6 Å². The molecule has 1 unspecified atom stereocenters. The first-order chi connectivity index (χ1) is 15.6. The monoisotopic (exact) mass is 429 g/mol.